The molecule has 1 aromatic heterocycles. The zero-order valence-electron chi connectivity index (χ0n) is 15.2. The molecule has 2 amide bonds. The van der Waals surface area contributed by atoms with Gasteiger partial charge in [-0.2, -0.15) is 0 Å². The van der Waals surface area contributed by atoms with E-state index in [1.165, 1.54) is 4.90 Å². The van der Waals surface area contributed by atoms with Crippen LogP contribution in [0.2, 0.25) is 5.02 Å². The Labute approximate surface area is 172 Å². The summed E-state index contributed by atoms with van der Waals surface area (Å²) in [4.78, 5) is 37.9. The van der Waals surface area contributed by atoms with Gasteiger partial charge in [-0.05, 0) is 48.0 Å². The van der Waals surface area contributed by atoms with Gasteiger partial charge >= 0.3 is 0 Å². The van der Waals surface area contributed by atoms with Crippen molar-refractivity contribution in [2.45, 2.75) is 12.1 Å². The van der Waals surface area contributed by atoms with Gasteiger partial charge in [0.1, 0.15) is 5.92 Å². The lowest BCUT2D eigenvalue weighted by atomic mass is 9.91. The molecule has 2 aliphatic rings. The number of hydrogen-bond acceptors (Lipinski definition) is 5. The van der Waals surface area contributed by atoms with Crippen molar-refractivity contribution in [2.75, 3.05) is 9.96 Å². The average Bonchev–Trinajstić information content (AvgIpc) is 3.26. The van der Waals surface area contributed by atoms with Crippen LogP contribution in [0.3, 0.4) is 0 Å². The largest absolute Gasteiger partial charge is 0.273 e. The highest BCUT2D eigenvalue weighted by Crippen LogP contribution is 2.47. The number of aromatic nitrogens is 1. The molecule has 7 heteroatoms. The third-order valence-electron chi connectivity index (χ3n) is 5.24. The molecule has 3 atom stereocenters. The number of anilines is 2. The number of hydrogen-bond donors (Lipinski definition) is 0. The first kappa shape index (κ1) is 17.8. The molecule has 0 saturated carbocycles. The second-order valence-electron chi connectivity index (χ2n) is 6.93. The highest BCUT2D eigenvalue weighted by molar-refractivity contribution is 6.31. The molecule has 3 aromatic rings. The maximum absolute atomic E-state index is 13.4. The third-order valence-corrected chi connectivity index (χ3v) is 5.48. The summed E-state index contributed by atoms with van der Waals surface area (Å²) in [5.74, 6) is -1.37. The molecule has 144 valence electrons. The molecule has 0 N–H and O–H groups in total. The SMILES string of the molecule is O=C1[C@H]2[C@H](ON(c3ccccc3)[C@H]2c2ccncc2)C(=O)N1c1cccc(Cl)c1. The van der Waals surface area contributed by atoms with Gasteiger partial charge in [0.05, 0.1) is 17.4 Å². The lowest BCUT2D eigenvalue weighted by Crippen LogP contribution is -2.37. The van der Waals surface area contributed by atoms with Crippen LogP contribution in [0.15, 0.2) is 79.1 Å². The second-order valence-corrected chi connectivity index (χ2v) is 7.37. The number of rotatable bonds is 3. The molecule has 2 aromatic carbocycles. The molecule has 2 aliphatic heterocycles. The summed E-state index contributed by atoms with van der Waals surface area (Å²) < 4.78 is 0. The predicted octanol–water partition coefficient (Wildman–Crippen LogP) is 3.79. The maximum atomic E-state index is 13.4. The van der Waals surface area contributed by atoms with Crippen molar-refractivity contribution in [3.8, 4) is 0 Å². The number of imide groups is 1. The van der Waals surface area contributed by atoms with Crippen molar-refractivity contribution in [3.63, 3.8) is 0 Å². The fourth-order valence-electron chi connectivity index (χ4n) is 3.98. The van der Waals surface area contributed by atoms with Crippen molar-refractivity contribution in [2.24, 2.45) is 5.92 Å². The van der Waals surface area contributed by atoms with Gasteiger partial charge in [-0.15, -0.1) is 0 Å². The van der Waals surface area contributed by atoms with E-state index in [4.69, 9.17) is 16.4 Å². The van der Waals surface area contributed by atoms with E-state index < -0.39 is 18.1 Å². The summed E-state index contributed by atoms with van der Waals surface area (Å²) in [7, 11) is 0. The van der Waals surface area contributed by atoms with Crippen LogP contribution < -0.4 is 9.96 Å². The summed E-state index contributed by atoms with van der Waals surface area (Å²) >= 11 is 6.07. The molecule has 6 nitrogen and oxygen atoms in total. The third kappa shape index (κ3) is 2.88. The molecule has 0 bridgehead atoms. The summed E-state index contributed by atoms with van der Waals surface area (Å²) in [6.07, 6.45) is 2.43. The number of amides is 2. The quantitative estimate of drug-likeness (QED) is 0.620. The minimum Gasteiger partial charge on any atom is -0.273 e. The molecule has 5 rings (SSSR count). The van der Waals surface area contributed by atoms with Gasteiger partial charge in [0.2, 0.25) is 5.91 Å². The van der Waals surface area contributed by atoms with Gasteiger partial charge in [0.25, 0.3) is 5.91 Å². The first-order valence-corrected chi connectivity index (χ1v) is 9.57. The lowest BCUT2D eigenvalue weighted by Gasteiger charge is -2.28. The number of hydroxylamine groups is 1. The number of benzene rings is 2. The Hall–Kier alpha value is -3.22. The molecule has 2 saturated heterocycles. The minimum absolute atomic E-state index is 0.303. The predicted molar refractivity (Wildman–Crippen MR) is 108 cm³/mol. The van der Waals surface area contributed by atoms with E-state index in [2.05, 4.69) is 4.98 Å². The normalized spacial score (nSPS) is 23.6. The number of carbonyl (C=O) groups is 2. The van der Waals surface area contributed by atoms with Gasteiger partial charge in [-0.3, -0.25) is 19.4 Å². The lowest BCUT2D eigenvalue weighted by molar-refractivity contribution is -0.126. The Kier molecular flexibility index (Phi) is 4.30. The molecule has 0 spiro atoms. The van der Waals surface area contributed by atoms with Gasteiger partial charge in [-0.1, -0.05) is 35.9 Å². The van der Waals surface area contributed by atoms with Crippen LogP contribution in [-0.4, -0.2) is 22.9 Å². The van der Waals surface area contributed by atoms with Crippen LogP contribution in [0.5, 0.6) is 0 Å². The fraction of sp³-hybridized carbons (Fsp3) is 0.136. The first-order chi connectivity index (χ1) is 14.1. The number of pyridine rings is 1. The Balaban J connectivity index is 1.59. The van der Waals surface area contributed by atoms with Crippen LogP contribution in [0.1, 0.15) is 11.6 Å². The Bertz CT molecular complexity index is 1080. The van der Waals surface area contributed by atoms with Crippen molar-refractivity contribution in [1.29, 1.82) is 0 Å². The smallest absolute Gasteiger partial charge is 0.266 e. The van der Waals surface area contributed by atoms with Crippen LogP contribution in [0.4, 0.5) is 11.4 Å². The number of para-hydroxylation sites is 1. The van der Waals surface area contributed by atoms with Crippen molar-refractivity contribution in [3.05, 3.63) is 89.7 Å². The van der Waals surface area contributed by atoms with Gasteiger partial charge in [0, 0.05) is 17.4 Å². The zero-order valence-corrected chi connectivity index (χ0v) is 15.9. The van der Waals surface area contributed by atoms with E-state index >= 15 is 0 Å². The number of halogens is 1. The summed E-state index contributed by atoms with van der Waals surface area (Å²) in [5.41, 5.74) is 2.08. The molecular weight excluding hydrogens is 390 g/mol. The van der Waals surface area contributed by atoms with E-state index in [1.807, 2.05) is 42.5 Å². The number of nitrogens with zero attached hydrogens (tertiary/aromatic N) is 3. The minimum atomic E-state index is -0.903. The highest BCUT2D eigenvalue weighted by atomic mass is 35.5. The summed E-state index contributed by atoms with van der Waals surface area (Å²) in [5, 5.41) is 2.12. The fourth-order valence-corrected chi connectivity index (χ4v) is 4.17. The number of fused-ring (bicyclic) bond motifs is 1. The molecule has 2 fully saturated rings. The molecule has 29 heavy (non-hydrogen) atoms. The van der Waals surface area contributed by atoms with Gasteiger partial charge in [0.15, 0.2) is 6.10 Å². The monoisotopic (exact) mass is 405 g/mol. The molecule has 0 radical (unpaired) electrons. The van der Waals surface area contributed by atoms with E-state index in [1.54, 1.807) is 41.7 Å². The van der Waals surface area contributed by atoms with E-state index in [9.17, 15) is 9.59 Å². The Morgan fingerprint density at radius 2 is 1.59 bits per heavy atom. The Morgan fingerprint density at radius 1 is 0.862 bits per heavy atom. The molecule has 0 unspecified atom stereocenters. The van der Waals surface area contributed by atoms with Crippen LogP contribution in [-0.2, 0) is 14.4 Å². The van der Waals surface area contributed by atoms with E-state index in [0.29, 0.717) is 10.7 Å². The molecule has 3 heterocycles. The first-order valence-electron chi connectivity index (χ1n) is 9.19. The van der Waals surface area contributed by atoms with Crippen molar-refractivity contribution in [1.82, 2.24) is 4.98 Å². The summed E-state index contributed by atoms with van der Waals surface area (Å²) in [6, 6.07) is 19.4. The number of carbonyl (C=O) groups excluding carboxylic acids is 2. The molecule has 0 aliphatic carbocycles. The standard InChI is InChI=1S/C22H16ClN3O3/c23-15-5-4-8-17(13-15)25-21(27)18-19(14-9-11-24-12-10-14)26(29-20(18)22(25)28)16-6-2-1-3-7-16/h1-13,18-20H/t18-,19+,20+/m1/s1. The van der Waals surface area contributed by atoms with Crippen LogP contribution in [0.25, 0.3) is 0 Å². The highest BCUT2D eigenvalue weighted by Gasteiger charge is 2.60. The average molecular weight is 406 g/mol. The van der Waals surface area contributed by atoms with Gasteiger partial charge in [-0.25, -0.2) is 9.96 Å². The van der Waals surface area contributed by atoms with Crippen LogP contribution >= 0.6 is 11.6 Å². The van der Waals surface area contributed by atoms with E-state index in [0.717, 1.165) is 11.3 Å². The van der Waals surface area contributed by atoms with Gasteiger partial charge < -0.3 is 0 Å². The Morgan fingerprint density at radius 3 is 2.31 bits per heavy atom. The van der Waals surface area contributed by atoms with Crippen molar-refractivity contribution >= 4 is 34.8 Å². The van der Waals surface area contributed by atoms with Crippen molar-refractivity contribution < 1.29 is 14.4 Å². The summed E-state index contributed by atoms with van der Waals surface area (Å²) in [6.45, 7) is 0. The zero-order chi connectivity index (χ0) is 20.0. The second kappa shape index (κ2) is 6.99. The molecular formula is C22H16ClN3O3. The topological polar surface area (TPSA) is 62.7 Å². The maximum Gasteiger partial charge on any atom is 0.266 e. The van der Waals surface area contributed by atoms with E-state index in [-0.39, 0.29) is 11.8 Å². The van der Waals surface area contributed by atoms with Crippen LogP contribution in [0, 0.1) is 5.92 Å².